The van der Waals surface area contributed by atoms with E-state index in [2.05, 4.69) is 34.9 Å². The summed E-state index contributed by atoms with van der Waals surface area (Å²) >= 11 is 1.46. The number of benzene rings is 2. The van der Waals surface area contributed by atoms with Crippen LogP contribution in [0.25, 0.3) is 5.57 Å². The molecule has 0 radical (unpaired) electrons. The summed E-state index contributed by atoms with van der Waals surface area (Å²) in [5.74, 6) is 0. The topological polar surface area (TPSA) is 50.1 Å². The van der Waals surface area contributed by atoms with Crippen LogP contribution in [0.1, 0.15) is 47.9 Å². The smallest absolute Gasteiger partial charge is 0.385 e. The van der Waals surface area contributed by atoms with Crippen LogP contribution in [-0.4, -0.2) is 26.2 Å². The average molecular weight is 448 g/mol. The molecule has 166 valence electrons. The Morgan fingerprint density at radius 2 is 1.90 bits per heavy atom. The molecule has 0 atom stereocenters. The Kier molecular flexibility index (Phi) is 6.94. The fourth-order valence-electron chi connectivity index (χ4n) is 4.14. The summed E-state index contributed by atoms with van der Waals surface area (Å²) in [7, 11) is 0. The van der Waals surface area contributed by atoms with Crippen molar-refractivity contribution < 1.29 is 13.2 Å². The maximum atomic E-state index is 13.6. The van der Waals surface area contributed by atoms with Crippen LogP contribution < -0.4 is 16.4 Å². The van der Waals surface area contributed by atoms with Gasteiger partial charge in [0.25, 0.3) is 0 Å². The van der Waals surface area contributed by atoms with E-state index >= 15 is 0 Å². The van der Waals surface area contributed by atoms with E-state index < -0.39 is 11.7 Å². The molecule has 1 heterocycles. The molecular weight excluding hydrogens is 419 g/mol. The van der Waals surface area contributed by atoms with Crippen molar-refractivity contribution in [2.45, 2.75) is 48.1 Å². The second kappa shape index (κ2) is 9.67. The summed E-state index contributed by atoms with van der Waals surface area (Å²) in [6, 6.07) is 9.00. The standard InChI is InChI=1S/C24H28F3N3S/c25-24(26,27)19-14-21(30-10-3-9-29-11-8-28)20-12-18-7-6-17(16-4-1-2-5-16)13-22(18)31-23(20)15-19/h4,6-7,13-15,29-30H,1-3,5,8-12,28H2. The van der Waals surface area contributed by atoms with E-state index in [1.54, 1.807) is 0 Å². The number of allylic oxidation sites excluding steroid dienone is 2. The summed E-state index contributed by atoms with van der Waals surface area (Å²) in [6.07, 6.45) is 2.71. The number of nitrogens with one attached hydrogen (secondary N) is 2. The van der Waals surface area contributed by atoms with Gasteiger partial charge in [-0.3, -0.25) is 0 Å². The molecule has 0 bridgehead atoms. The van der Waals surface area contributed by atoms with Gasteiger partial charge >= 0.3 is 6.18 Å². The van der Waals surface area contributed by atoms with E-state index in [0.717, 1.165) is 42.8 Å². The van der Waals surface area contributed by atoms with Crippen LogP contribution in [0.4, 0.5) is 18.9 Å². The monoisotopic (exact) mass is 447 g/mol. The molecule has 2 aliphatic rings. The Labute approximate surface area is 185 Å². The Bertz CT molecular complexity index is 969. The Morgan fingerprint density at radius 3 is 2.65 bits per heavy atom. The predicted molar refractivity (Wildman–Crippen MR) is 122 cm³/mol. The van der Waals surface area contributed by atoms with Crippen molar-refractivity contribution in [3.63, 3.8) is 0 Å². The number of alkyl halides is 3. The van der Waals surface area contributed by atoms with Gasteiger partial charge in [0.15, 0.2) is 0 Å². The molecule has 0 saturated carbocycles. The van der Waals surface area contributed by atoms with Crippen molar-refractivity contribution in [3.8, 4) is 0 Å². The third kappa shape index (κ3) is 5.27. The minimum absolute atomic E-state index is 0.574. The fraction of sp³-hybridized carbons (Fsp3) is 0.417. The molecule has 0 fully saturated rings. The first kappa shape index (κ1) is 22.2. The van der Waals surface area contributed by atoms with Crippen LogP contribution in [0.5, 0.6) is 0 Å². The Balaban J connectivity index is 1.58. The molecule has 4 N–H and O–H groups in total. The number of halogens is 3. The van der Waals surface area contributed by atoms with Gasteiger partial charge in [-0.1, -0.05) is 30.0 Å². The van der Waals surface area contributed by atoms with Crippen molar-refractivity contribution >= 4 is 23.0 Å². The van der Waals surface area contributed by atoms with Gasteiger partial charge in [-0.25, -0.2) is 0 Å². The number of anilines is 1. The molecule has 3 nitrogen and oxygen atoms in total. The highest BCUT2D eigenvalue weighted by Gasteiger charge is 2.33. The van der Waals surface area contributed by atoms with Crippen molar-refractivity contribution in [2.24, 2.45) is 5.73 Å². The highest BCUT2D eigenvalue weighted by Crippen LogP contribution is 2.46. The molecule has 0 spiro atoms. The van der Waals surface area contributed by atoms with E-state index in [4.69, 9.17) is 5.73 Å². The van der Waals surface area contributed by atoms with Crippen LogP contribution in [0.15, 0.2) is 46.2 Å². The zero-order chi connectivity index (χ0) is 21.8. The fourth-order valence-corrected chi connectivity index (χ4v) is 5.33. The molecule has 1 aliphatic carbocycles. The highest BCUT2D eigenvalue weighted by molar-refractivity contribution is 7.99. The van der Waals surface area contributed by atoms with Gasteiger partial charge in [0, 0.05) is 41.5 Å². The first-order valence-corrected chi connectivity index (χ1v) is 11.7. The first-order valence-electron chi connectivity index (χ1n) is 10.8. The molecule has 1 aliphatic heterocycles. The predicted octanol–water partition coefficient (Wildman–Crippen LogP) is 5.68. The van der Waals surface area contributed by atoms with Crippen molar-refractivity contribution in [2.75, 3.05) is 31.5 Å². The van der Waals surface area contributed by atoms with Gasteiger partial charge in [-0.05, 0) is 72.7 Å². The van der Waals surface area contributed by atoms with Gasteiger partial charge in [-0.2, -0.15) is 13.2 Å². The Hall–Kier alpha value is -1.96. The lowest BCUT2D eigenvalue weighted by Gasteiger charge is -2.25. The van der Waals surface area contributed by atoms with Crippen LogP contribution in [0.3, 0.4) is 0 Å². The summed E-state index contributed by atoms with van der Waals surface area (Å²) in [5.41, 5.74) is 10.1. The zero-order valence-electron chi connectivity index (χ0n) is 17.4. The number of hydrogen-bond acceptors (Lipinski definition) is 4. The van der Waals surface area contributed by atoms with Crippen LogP contribution >= 0.6 is 11.8 Å². The van der Waals surface area contributed by atoms with Gasteiger partial charge in [0.05, 0.1) is 5.56 Å². The third-order valence-electron chi connectivity index (χ3n) is 5.77. The van der Waals surface area contributed by atoms with Gasteiger partial charge < -0.3 is 16.4 Å². The van der Waals surface area contributed by atoms with Crippen molar-refractivity contribution in [3.05, 3.63) is 58.7 Å². The molecule has 0 aromatic heterocycles. The normalized spacial score (nSPS) is 15.4. The minimum Gasteiger partial charge on any atom is -0.385 e. The van der Waals surface area contributed by atoms with E-state index in [0.29, 0.717) is 30.1 Å². The molecular formula is C24H28F3N3S. The summed E-state index contributed by atoms with van der Waals surface area (Å²) in [4.78, 5) is 1.76. The number of rotatable bonds is 8. The van der Waals surface area contributed by atoms with E-state index in [9.17, 15) is 13.2 Å². The number of nitrogens with two attached hydrogens (primary N) is 1. The van der Waals surface area contributed by atoms with Gasteiger partial charge in [0.2, 0.25) is 0 Å². The third-order valence-corrected chi connectivity index (χ3v) is 6.95. The maximum absolute atomic E-state index is 13.6. The van der Waals surface area contributed by atoms with Gasteiger partial charge in [0.1, 0.15) is 0 Å². The molecule has 4 rings (SSSR count). The zero-order valence-corrected chi connectivity index (χ0v) is 18.3. The molecule has 2 aromatic carbocycles. The molecule has 31 heavy (non-hydrogen) atoms. The maximum Gasteiger partial charge on any atom is 0.416 e. The lowest BCUT2D eigenvalue weighted by Crippen LogP contribution is -2.24. The van der Waals surface area contributed by atoms with Crippen molar-refractivity contribution in [1.29, 1.82) is 0 Å². The summed E-state index contributed by atoms with van der Waals surface area (Å²) < 4.78 is 40.7. The average Bonchev–Trinajstić information content (AvgIpc) is 3.28. The Morgan fingerprint density at radius 1 is 1.03 bits per heavy atom. The number of fused-ring (bicyclic) bond motifs is 2. The van der Waals surface area contributed by atoms with Crippen LogP contribution in [-0.2, 0) is 12.6 Å². The van der Waals surface area contributed by atoms with E-state index in [1.807, 2.05) is 0 Å². The second-order valence-electron chi connectivity index (χ2n) is 8.04. The van der Waals surface area contributed by atoms with Gasteiger partial charge in [-0.15, -0.1) is 0 Å². The summed E-state index contributed by atoms with van der Waals surface area (Å²) in [5, 5.41) is 6.46. The largest absolute Gasteiger partial charge is 0.416 e. The molecule has 0 unspecified atom stereocenters. The second-order valence-corrected chi connectivity index (χ2v) is 9.12. The van der Waals surface area contributed by atoms with Crippen LogP contribution in [0.2, 0.25) is 0 Å². The molecule has 7 heteroatoms. The lowest BCUT2D eigenvalue weighted by molar-refractivity contribution is -0.137. The quantitative estimate of drug-likeness (QED) is 0.389. The van der Waals surface area contributed by atoms with Crippen LogP contribution in [0, 0.1) is 0 Å². The lowest BCUT2D eigenvalue weighted by atomic mass is 9.97. The van der Waals surface area contributed by atoms with Crippen molar-refractivity contribution in [1.82, 2.24) is 5.32 Å². The molecule has 0 amide bonds. The molecule has 0 saturated heterocycles. The molecule has 2 aromatic rings. The van der Waals surface area contributed by atoms with E-state index in [-0.39, 0.29) is 0 Å². The minimum atomic E-state index is -4.37. The number of hydrogen-bond donors (Lipinski definition) is 3. The summed E-state index contributed by atoms with van der Waals surface area (Å²) in [6.45, 7) is 2.70. The van der Waals surface area contributed by atoms with E-state index in [1.165, 1.54) is 47.0 Å². The first-order chi connectivity index (χ1) is 15.0. The SMILES string of the molecule is NCCNCCCNc1cc(C(F)(F)F)cc2c1Cc1ccc(C3=CCCC3)cc1S2. The highest BCUT2D eigenvalue weighted by atomic mass is 32.2.